The number of hydrogen-bond donors (Lipinski definition) is 2. The molecule has 0 aromatic heterocycles. The zero-order valence-corrected chi connectivity index (χ0v) is 11.7. The minimum atomic E-state index is -0.564. The van der Waals surface area contributed by atoms with Crippen molar-refractivity contribution in [3.63, 3.8) is 0 Å². The van der Waals surface area contributed by atoms with Crippen LogP contribution < -0.4 is 15.8 Å². The van der Waals surface area contributed by atoms with Gasteiger partial charge in [0.25, 0.3) is 5.91 Å². The third-order valence-electron chi connectivity index (χ3n) is 3.38. The third kappa shape index (κ3) is 3.85. The molecule has 19 heavy (non-hydrogen) atoms. The van der Waals surface area contributed by atoms with Gasteiger partial charge in [-0.05, 0) is 44.4 Å². The number of carbonyl (C=O) groups is 1. The summed E-state index contributed by atoms with van der Waals surface area (Å²) in [7, 11) is 0. The van der Waals surface area contributed by atoms with Gasteiger partial charge in [0.15, 0.2) is 6.10 Å². The van der Waals surface area contributed by atoms with Gasteiger partial charge in [-0.15, -0.1) is 0 Å². The van der Waals surface area contributed by atoms with Gasteiger partial charge in [0.1, 0.15) is 5.75 Å². The van der Waals surface area contributed by atoms with Crippen LogP contribution >= 0.6 is 11.6 Å². The number of rotatable bonds is 4. The quantitative estimate of drug-likeness (QED) is 0.889. The summed E-state index contributed by atoms with van der Waals surface area (Å²) in [5, 5.41) is 3.53. The number of benzene rings is 1. The molecule has 4 nitrogen and oxygen atoms in total. The molecule has 0 bridgehead atoms. The summed E-state index contributed by atoms with van der Waals surface area (Å²) in [6.45, 7) is 1.72. The van der Waals surface area contributed by atoms with Gasteiger partial charge in [-0.25, -0.2) is 0 Å². The Balaban J connectivity index is 1.88. The van der Waals surface area contributed by atoms with Crippen LogP contribution in [0.4, 0.5) is 0 Å². The van der Waals surface area contributed by atoms with Gasteiger partial charge in [-0.2, -0.15) is 0 Å². The van der Waals surface area contributed by atoms with Crippen LogP contribution in [0.25, 0.3) is 0 Å². The Morgan fingerprint density at radius 2 is 2.32 bits per heavy atom. The molecule has 1 fully saturated rings. The minimum Gasteiger partial charge on any atom is -0.481 e. The highest BCUT2D eigenvalue weighted by atomic mass is 35.5. The van der Waals surface area contributed by atoms with E-state index in [2.05, 4.69) is 5.32 Å². The van der Waals surface area contributed by atoms with Crippen molar-refractivity contribution in [1.82, 2.24) is 5.32 Å². The molecule has 1 aromatic rings. The lowest BCUT2D eigenvalue weighted by Gasteiger charge is -2.20. The molecule has 2 rings (SSSR count). The van der Waals surface area contributed by atoms with Crippen LogP contribution in [-0.2, 0) is 4.79 Å². The summed E-state index contributed by atoms with van der Waals surface area (Å²) in [5.41, 5.74) is 5.93. The van der Waals surface area contributed by atoms with E-state index < -0.39 is 6.10 Å². The van der Waals surface area contributed by atoms with E-state index in [1.54, 1.807) is 31.2 Å². The Kier molecular flexibility index (Phi) is 4.66. The van der Waals surface area contributed by atoms with E-state index in [4.69, 9.17) is 22.1 Å². The summed E-state index contributed by atoms with van der Waals surface area (Å²) < 4.78 is 5.57. The summed E-state index contributed by atoms with van der Waals surface area (Å²) in [5.74, 6) is 0.452. The first-order valence-electron chi connectivity index (χ1n) is 6.54. The highest BCUT2D eigenvalue weighted by molar-refractivity contribution is 6.30. The molecule has 3 atom stereocenters. The van der Waals surface area contributed by atoms with Gasteiger partial charge in [0.05, 0.1) is 0 Å². The number of ether oxygens (including phenoxy) is 1. The molecule has 3 N–H and O–H groups in total. The molecule has 0 aliphatic heterocycles. The van der Waals surface area contributed by atoms with Crippen LogP contribution in [0, 0.1) is 0 Å². The van der Waals surface area contributed by atoms with E-state index in [-0.39, 0.29) is 18.0 Å². The van der Waals surface area contributed by atoms with Crippen LogP contribution in [0.5, 0.6) is 5.75 Å². The van der Waals surface area contributed by atoms with Gasteiger partial charge < -0.3 is 15.8 Å². The molecule has 1 saturated carbocycles. The maximum atomic E-state index is 12.0. The summed E-state index contributed by atoms with van der Waals surface area (Å²) >= 11 is 5.87. The second kappa shape index (κ2) is 6.26. The first kappa shape index (κ1) is 14.2. The number of carbonyl (C=O) groups excluding carboxylic acids is 1. The van der Waals surface area contributed by atoms with E-state index in [0.717, 1.165) is 19.3 Å². The maximum Gasteiger partial charge on any atom is 0.261 e. The fraction of sp³-hybridized carbons (Fsp3) is 0.500. The average molecular weight is 283 g/mol. The molecule has 1 aromatic carbocycles. The van der Waals surface area contributed by atoms with Gasteiger partial charge in [0.2, 0.25) is 0 Å². The van der Waals surface area contributed by atoms with Crippen LogP contribution in [0.2, 0.25) is 5.02 Å². The first-order valence-corrected chi connectivity index (χ1v) is 6.92. The van der Waals surface area contributed by atoms with E-state index in [1.807, 2.05) is 0 Å². The highest BCUT2D eigenvalue weighted by Gasteiger charge is 2.27. The van der Waals surface area contributed by atoms with Crippen molar-refractivity contribution in [3.8, 4) is 5.75 Å². The molecular formula is C14H19ClN2O2. The maximum absolute atomic E-state index is 12.0. The fourth-order valence-electron chi connectivity index (χ4n) is 2.27. The van der Waals surface area contributed by atoms with Crippen LogP contribution in [0.15, 0.2) is 24.3 Å². The fourth-order valence-corrected chi connectivity index (χ4v) is 2.45. The summed E-state index contributed by atoms with van der Waals surface area (Å²) in [6, 6.07) is 7.13. The number of nitrogens with two attached hydrogens (primary N) is 1. The first-order chi connectivity index (χ1) is 9.06. The molecular weight excluding hydrogens is 264 g/mol. The SMILES string of the molecule is CC(Oc1cccc(Cl)c1)C(=O)NC1CCCC1N. The largest absolute Gasteiger partial charge is 0.481 e. The van der Waals surface area contributed by atoms with Crippen molar-refractivity contribution in [2.75, 3.05) is 0 Å². The molecule has 0 heterocycles. The van der Waals surface area contributed by atoms with Crippen LogP contribution in [0.3, 0.4) is 0 Å². The number of halogens is 1. The Bertz CT molecular complexity index is 453. The molecule has 104 valence electrons. The number of amides is 1. The third-order valence-corrected chi connectivity index (χ3v) is 3.61. The lowest BCUT2D eigenvalue weighted by Crippen LogP contribution is -2.48. The van der Waals surface area contributed by atoms with Crippen molar-refractivity contribution >= 4 is 17.5 Å². The Hall–Kier alpha value is -1.26. The lowest BCUT2D eigenvalue weighted by atomic mass is 10.2. The van der Waals surface area contributed by atoms with Crippen molar-refractivity contribution in [2.24, 2.45) is 5.73 Å². The molecule has 0 radical (unpaired) electrons. The molecule has 1 amide bonds. The summed E-state index contributed by atoms with van der Waals surface area (Å²) in [4.78, 5) is 12.0. The lowest BCUT2D eigenvalue weighted by molar-refractivity contribution is -0.128. The predicted molar refractivity (Wildman–Crippen MR) is 75.3 cm³/mol. The monoisotopic (exact) mass is 282 g/mol. The molecule has 0 spiro atoms. The van der Waals surface area contributed by atoms with Crippen molar-refractivity contribution in [3.05, 3.63) is 29.3 Å². The second-order valence-corrected chi connectivity index (χ2v) is 5.36. The average Bonchev–Trinajstić information content (AvgIpc) is 2.75. The number of nitrogens with one attached hydrogen (secondary N) is 1. The van der Waals surface area contributed by atoms with Crippen molar-refractivity contribution in [2.45, 2.75) is 44.4 Å². The second-order valence-electron chi connectivity index (χ2n) is 4.93. The molecule has 3 unspecified atom stereocenters. The van der Waals surface area contributed by atoms with E-state index >= 15 is 0 Å². The number of hydrogen-bond acceptors (Lipinski definition) is 3. The van der Waals surface area contributed by atoms with Gasteiger partial charge in [-0.1, -0.05) is 17.7 Å². The topological polar surface area (TPSA) is 64.3 Å². The van der Waals surface area contributed by atoms with Crippen LogP contribution in [-0.4, -0.2) is 24.1 Å². The van der Waals surface area contributed by atoms with Gasteiger partial charge in [0, 0.05) is 17.1 Å². The van der Waals surface area contributed by atoms with Gasteiger partial charge >= 0.3 is 0 Å². The van der Waals surface area contributed by atoms with E-state index in [1.165, 1.54) is 0 Å². The molecule has 1 aliphatic carbocycles. The summed E-state index contributed by atoms with van der Waals surface area (Å²) in [6.07, 6.45) is 2.41. The smallest absolute Gasteiger partial charge is 0.261 e. The normalized spacial score (nSPS) is 23.9. The standard InChI is InChI=1S/C14H19ClN2O2/c1-9(19-11-5-2-4-10(15)8-11)14(18)17-13-7-3-6-12(13)16/h2,4-5,8-9,12-13H,3,6-7,16H2,1H3,(H,17,18). The Morgan fingerprint density at radius 3 is 2.95 bits per heavy atom. The van der Waals surface area contributed by atoms with E-state index in [0.29, 0.717) is 10.8 Å². The van der Waals surface area contributed by atoms with Crippen LogP contribution in [0.1, 0.15) is 26.2 Å². The van der Waals surface area contributed by atoms with E-state index in [9.17, 15) is 4.79 Å². The zero-order valence-electron chi connectivity index (χ0n) is 10.9. The van der Waals surface area contributed by atoms with Gasteiger partial charge in [-0.3, -0.25) is 4.79 Å². The Morgan fingerprint density at radius 1 is 1.53 bits per heavy atom. The highest BCUT2D eigenvalue weighted by Crippen LogP contribution is 2.19. The minimum absolute atomic E-state index is 0.0577. The predicted octanol–water partition coefficient (Wildman–Crippen LogP) is 2.10. The Labute approximate surface area is 118 Å². The zero-order chi connectivity index (χ0) is 13.8. The van der Waals surface area contributed by atoms with Crippen molar-refractivity contribution < 1.29 is 9.53 Å². The van der Waals surface area contributed by atoms with Crippen molar-refractivity contribution in [1.29, 1.82) is 0 Å². The molecule has 0 saturated heterocycles. The molecule has 1 aliphatic rings. The molecule has 5 heteroatoms.